The molecule has 1 aliphatic rings. The van der Waals surface area contributed by atoms with Crippen molar-refractivity contribution in [3.8, 4) is 0 Å². The molecule has 0 fully saturated rings. The van der Waals surface area contributed by atoms with Crippen LogP contribution in [0, 0.1) is 5.92 Å². The smallest absolute Gasteiger partial charge is 0.407 e. The summed E-state index contributed by atoms with van der Waals surface area (Å²) in [5.41, 5.74) is 1.75. The number of rotatable bonds is 11. The highest BCUT2D eigenvalue weighted by Crippen LogP contribution is 2.12. The van der Waals surface area contributed by atoms with E-state index in [1.807, 2.05) is 48.6 Å². The number of alkyl carbamates (subject to hydrolysis) is 2. The molecule has 1 atom stereocenters. The highest BCUT2D eigenvalue weighted by molar-refractivity contribution is 5.69. The number of carbonyl (C=O) groups excluding carboxylic acids is 3. The Bertz CT molecular complexity index is 818. The molecule has 0 spiro atoms. The van der Waals surface area contributed by atoms with E-state index in [1.165, 1.54) is 0 Å². The van der Waals surface area contributed by atoms with Crippen molar-refractivity contribution in [3.05, 3.63) is 59.7 Å². The van der Waals surface area contributed by atoms with E-state index in [2.05, 4.69) is 10.6 Å². The maximum atomic E-state index is 11.9. The van der Waals surface area contributed by atoms with Crippen molar-refractivity contribution < 1.29 is 28.6 Å². The van der Waals surface area contributed by atoms with Crippen molar-refractivity contribution in [2.24, 2.45) is 5.92 Å². The van der Waals surface area contributed by atoms with Crippen LogP contribution in [-0.2, 0) is 32.1 Å². The number of esters is 1. The van der Waals surface area contributed by atoms with Crippen molar-refractivity contribution in [3.63, 3.8) is 0 Å². The second kappa shape index (κ2) is 13.9. The summed E-state index contributed by atoms with van der Waals surface area (Å²) < 4.78 is 15.4. The van der Waals surface area contributed by atoms with Gasteiger partial charge in [-0.2, -0.15) is 0 Å². The summed E-state index contributed by atoms with van der Waals surface area (Å²) in [5, 5.41) is 5.35. The molecule has 32 heavy (non-hydrogen) atoms. The van der Waals surface area contributed by atoms with Gasteiger partial charge >= 0.3 is 18.2 Å². The Kier molecular flexibility index (Phi) is 10.8. The Morgan fingerprint density at radius 2 is 1.75 bits per heavy atom. The number of ether oxygens (including phenoxy) is 3. The summed E-state index contributed by atoms with van der Waals surface area (Å²) in [7, 11) is 0. The Labute approximate surface area is 189 Å². The molecule has 0 aromatic heterocycles. The van der Waals surface area contributed by atoms with E-state index in [9.17, 15) is 14.4 Å². The van der Waals surface area contributed by atoms with Gasteiger partial charge in [0.15, 0.2) is 0 Å². The van der Waals surface area contributed by atoms with Crippen molar-refractivity contribution in [1.29, 1.82) is 0 Å². The van der Waals surface area contributed by atoms with Gasteiger partial charge in [0.2, 0.25) is 0 Å². The molecular weight excluding hydrogens is 412 g/mol. The number of hydrogen-bond acceptors (Lipinski definition) is 6. The number of benzene rings is 1. The van der Waals surface area contributed by atoms with Gasteiger partial charge in [-0.05, 0) is 37.8 Å². The molecule has 1 aromatic carbocycles. The third kappa shape index (κ3) is 10.7. The van der Waals surface area contributed by atoms with E-state index in [0.29, 0.717) is 19.6 Å². The van der Waals surface area contributed by atoms with E-state index in [-0.39, 0.29) is 37.6 Å². The largest absolute Gasteiger partial charge is 0.465 e. The Balaban J connectivity index is 1.57. The predicted octanol–water partition coefficient (Wildman–Crippen LogP) is 4.00. The van der Waals surface area contributed by atoms with Gasteiger partial charge in [-0.15, -0.1) is 0 Å². The summed E-state index contributed by atoms with van der Waals surface area (Å²) >= 11 is 0. The summed E-state index contributed by atoms with van der Waals surface area (Å²) in [4.78, 5) is 35.2. The van der Waals surface area contributed by atoms with E-state index >= 15 is 0 Å². The molecule has 0 bridgehead atoms. The van der Waals surface area contributed by atoms with Crippen LogP contribution in [0.15, 0.2) is 48.6 Å². The molecule has 1 aromatic rings. The lowest BCUT2D eigenvalue weighted by atomic mass is 10.0. The standard InChI is InChI=1S/C24H32N2O6/c1-18(2)32-24(29)26-16-21-11-6-10-20(14-21)15-25-23(28)30-13-7-12-22(27)31-17-19-8-4-3-5-9-19/h3-6,8,10-11,14,18-19H,7,9,12-13,15-17H2,1-2H3,(H,25,28)(H,26,29). The molecule has 0 heterocycles. The first kappa shape index (κ1) is 25.0. The average Bonchev–Trinajstić information content (AvgIpc) is 2.78. The van der Waals surface area contributed by atoms with E-state index in [1.54, 1.807) is 13.8 Å². The molecular formula is C24H32N2O6. The molecule has 174 valence electrons. The summed E-state index contributed by atoms with van der Waals surface area (Å²) in [5.74, 6) is -0.0613. The Morgan fingerprint density at radius 3 is 2.41 bits per heavy atom. The van der Waals surface area contributed by atoms with Crippen LogP contribution in [0.3, 0.4) is 0 Å². The molecule has 2 amide bonds. The van der Waals surface area contributed by atoms with Gasteiger partial charge in [0.1, 0.15) is 0 Å². The average molecular weight is 445 g/mol. The zero-order valence-corrected chi connectivity index (χ0v) is 18.7. The fraction of sp³-hybridized carbons (Fsp3) is 0.458. The third-order valence-electron chi connectivity index (χ3n) is 4.49. The van der Waals surface area contributed by atoms with Crippen LogP contribution in [0.25, 0.3) is 0 Å². The Hall–Kier alpha value is -3.29. The molecule has 1 unspecified atom stereocenters. The number of hydrogen-bond donors (Lipinski definition) is 2. The first-order valence-corrected chi connectivity index (χ1v) is 10.8. The molecule has 0 aliphatic heterocycles. The minimum Gasteiger partial charge on any atom is -0.465 e. The maximum absolute atomic E-state index is 11.9. The molecule has 1 aliphatic carbocycles. The first-order valence-electron chi connectivity index (χ1n) is 10.8. The van der Waals surface area contributed by atoms with E-state index < -0.39 is 12.2 Å². The van der Waals surface area contributed by atoms with Gasteiger partial charge in [0.05, 0.1) is 19.3 Å². The van der Waals surface area contributed by atoms with E-state index in [0.717, 1.165) is 17.5 Å². The van der Waals surface area contributed by atoms with Crippen LogP contribution in [0.2, 0.25) is 0 Å². The highest BCUT2D eigenvalue weighted by atomic mass is 16.6. The topological polar surface area (TPSA) is 103 Å². The van der Waals surface area contributed by atoms with Crippen LogP contribution in [0.4, 0.5) is 9.59 Å². The summed E-state index contributed by atoms with van der Waals surface area (Å²) in [6.45, 7) is 4.68. The highest BCUT2D eigenvalue weighted by Gasteiger charge is 2.10. The fourth-order valence-electron chi connectivity index (χ4n) is 2.91. The maximum Gasteiger partial charge on any atom is 0.407 e. The van der Waals surface area contributed by atoms with Crippen LogP contribution < -0.4 is 10.6 Å². The summed E-state index contributed by atoms with van der Waals surface area (Å²) in [6, 6.07) is 7.46. The van der Waals surface area contributed by atoms with Gasteiger partial charge < -0.3 is 24.8 Å². The first-order chi connectivity index (χ1) is 15.4. The summed E-state index contributed by atoms with van der Waals surface area (Å²) in [6.07, 6.45) is 8.26. The zero-order chi connectivity index (χ0) is 23.2. The molecule has 8 heteroatoms. The van der Waals surface area contributed by atoms with Crippen LogP contribution in [0.5, 0.6) is 0 Å². The molecule has 0 radical (unpaired) electrons. The quantitative estimate of drug-likeness (QED) is 0.304. The third-order valence-corrected chi connectivity index (χ3v) is 4.49. The molecule has 2 rings (SSSR count). The van der Waals surface area contributed by atoms with Gasteiger partial charge in [0, 0.05) is 25.4 Å². The Morgan fingerprint density at radius 1 is 1.03 bits per heavy atom. The van der Waals surface area contributed by atoms with Gasteiger partial charge in [-0.3, -0.25) is 4.79 Å². The molecule has 8 nitrogen and oxygen atoms in total. The van der Waals surface area contributed by atoms with Crippen molar-refractivity contribution >= 4 is 18.2 Å². The lowest BCUT2D eigenvalue weighted by Gasteiger charge is -2.13. The zero-order valence-electron chi connectivity index (χ0n) is 18.7. The van der Waals surface area contributed by atoms with Gasteiger partial charge in [0.25, 0.3) is 0 Å². The molecule has 0 saturated carbocycles. The van der Waals surface area contributed by atoms with E-state index in [4.69, 9.17) is 14.2 Å². The van der Waals surface area contributed by atoms with Gasteiger partial charge in [-0.1, -0.05) is 48.6 Å². The minimum absolute atomic E-state index is 0.134. The molecule has 0 saturated heterocycles. The van der Waals surface area contributed by atoms with Crippen LogP contribution in [-0.4, -0.2) is 37.5 Å². The van der Waals surface area contributed by atoms with Crippen molar-refractivity contribution in [1.82, 2.24) is 10.6 Å². The van der Waals surface area contributed by atoms with Crippen molar-refractivity contribution in [2.45, 2.75) is 52.3 Å². The second-order valence-electron chi connectivity index (χ2n) is 7.71. The number of amides is 2. The fourth-order valence-corrected chi connectivity index (χ4v) is 2.91. The van der Waals surface area contributed by atoms with Crippen LogP contribution in [0.1, 0.15) is 44.2 Å². The normalized spacial score (nSPS) is 14.7. The number of allylic oxidation sites excluding steroid dienone is 3. The van der Waals surface area contributed by atoms with Crippen molar-refractivity contribution in [2.75, 3.05) is 13.2 Å². The lowest BCUT2D eigenvalue weighted by molar-refractivity contribution is -0.144. The second-order valence-corrected chi connectivity index (χ2v) is 7.71. The SMILES string of the molecule is CC(C)OC(=O)NCc1cccc(CNC(=O)OCCCC(=O)OCC2C=CC=CC2)c1. The predicted molar refractivity (Wildman–Crippen MR) is 120 cm³/mol. The minimum atomic E-state index is -0.554. The lowest BCUT2D eigenvalue weighted by Crippen LogP contribution is -2.26. The molecule has 2 N–H and O–H groups in total. The number of nitrogens with one attached hydrogen (secondary N) is 2. The monoisotopic (exact) mass is 444 g/mol. The number of carbonyl (C=O) groups is 3. The van der Waals surface area contributed by atoms with Crippen LogP contribution >= 0.6 is 0 Å². The van der Waals surface area contributed by atoms with Gasteiger partial charge in [-0.25, -0.2) is 9.59 Å².